The van der Waals surface area contributed by atoms with Crippen molar-refractivity contribution in [2.75, 3.05) is 0 Å². The molecule has 0 saturated carbocycles. The summed E-state index contributed by atoms with van der Waals surface area (Å²) in [6.07, 6.45) is 1.86. The molecular formula is C11H11N5. The van der Waals surface area contributed by atoms with E-state index in [-0.39, 0.29) is 0 Å². The highest BCUT2D eigenvalue weighted by Crippen LogP contribution is 2.16. The first kappa shape index (κ1) is 9.21. The Morgan fingerprint density at radius 3 is 2.56 bits per heavy atom. The fourth-order valence-electron chi connectivity index (χ4n) is 1.74. The highest BCUT2D eigenvalue weighted by Gasteiger charge is 2.08. The van der Waals surface area contributed by atoms with Gasteiger partial charge in [-0.2, -0.15) is 5.10 Å². The maximum atomic E-state index is 4.53. The topological polar surface area (TPSA) is 56.0 Å². The predicted molar refractivity (Wildman–Crippen MR) is 60.3 cm³/mol. The molecule has 0 aromatic carbocycles. The van der Waals surface area contributed by atoms with Gasteiger partial charge >= 0.3 is 0 Å². The molecule has 80 valence electrons. The van der Waals surface area contributed by atoms with Crippen molar-refractivity contribution in [3.05, 3.63) is 29.5 Å². The Balaban J connectivity index is 2.54. The molecule has 3 aromatic rings. The number of fused-ring (bicyclic) bond motifs is 3. The molecule has 3 heterocycles. The Kier molecular flexibility index (Phi) is 1.71. The second-order valence-electron chi connectivity index (χ2n) is 3.87. The summed E-state index contributed by atoms with van der Waals surface area (Å²) in [4.78, 5) is 13.4. The highest BCUT2D eigenvalue weighted by atomic mass is 15.3. The van der Waals surface area contributed by atoms with Crippen LogP contribution in [-0.2, 0) is 0 Å². The third-order valence-electron chi connectivity index (χ3n) is 2.66. The lowest BCUT2D eigenvalue weighted by atomic mass is 10.3. The number of aryl methyl sites for hydroxylation is 3. The second-order valence-corrected chi connectivity index (χ2v) is 3.87. The van der Waals surface area contributed by atoms with E-state index in [1.54, 1.807) is 4.52 Å². The van der Waals surface area contributed by atoms with Crippen molar-refractivity contribution < 1.29 is 0 Å². The molecule has 5 nitrogen and oxygen atoms in total. The van der Waals surface area contributed by atoms with Crippen LogP contribution < -0.4 is 0 Å². The quantitative estimate of drug-likeness (QED) is 0.569. The van der Waals surface area contributed by atoms with Crippen LogP contribution in [0, 0.1) is 20.8 Å². The number of nitrogens with zero attached hydrogens (tertiary/aromatic N) is 5. The van der Waals surface area contributed by atoms with Crippen molar-refractivity contribution in [1.29, 1.82) is 0 Å². The van der Waals surface area contributed by atoms with Gasteiger partial charge in [0.25, 0.3) is 0 Å². The summed E-state index contributed by atoms with van der Waals surface area (Å²) in [7, 11) is 0. The molecule has 0 saturated heterocycles. The molecule has 5 heteroatoms. The fraction of sp³-hybridized carbons (Fsp3) is 0.273. The highest BCUT2D eigenvalue weighted by molar-refractivity contribution is 5.87. The van der Waals surface area contributed by atoms with Gasteiger partial charge in [0.05, 0.1) is 16.9 Å². The van der Waals surface area contributed by atoms with Gasteiger partial charge in [-0.05, 0) is 26.8 Å². The van der Waals surface area contributed by atoms with Crippen LogP contribution >= 0.6 is 0 Å². The average molecular weight is 213 g/mol. The zero-order chi connectivity index (χ0) is 11.3. The van der Waals surface area contributed by atoms with Gasteiger partial charge in [-0.25, -0.2) is 19.5 Å². The van der Waals surface area contributed by atoms with E-state index in [9.17, 15) is 0 Å². The molecule has 0 bridgehead atoms. The largest absolute Gasteiger partial charge is 0.249 e. The normalized spacial score (nSPS) is 11.4. The molecule has 0 fully saturated rings. The molecule has 3 aromatic heterocycles. The maximum absolute atomic E-state index is 4.53. The summed E-state index contributed by atoms with van der Waals surface area (Å²) >= 11 is 0. The zero-order valence-corrected chi connectivity index (χ0v) is 9.39. The Hall–Kier alpha value is -2.04. The number of hydrogen-bond acceptors (Lipinski definition) is 4. The van der Waals surface area contributed by atoms with Crippen molar-refractivity contribution in [1.82, 2.24) is 24.6 Å². The molecule has 16 heavy (non-hydrogen) atoms. The summed E-state index contributed by atoms with van der Waals surface area (Å²) in [6.45, 7) is 5.78. The van der Waals surface area contributed by atoms with Gasteiger partial charge in [-0.3, -0.25) is 0 Å². The van der Waals surface area contributed by atoms with Crippen molar-refractivity contribution in [3.63, 3.8) is 0 Å². The van der Waals surface area contributed by atoms with E-state index in [1.165, 1.54) is 0 Å². The van der Waals surface area contributed by atoms with Crippen LogP contribution in [0.1, 0.15) is 17.2 Å². The van der Waals surface area contributed by atoms with Crippen molar-refractivity contribution in [3.8, 4) is 0 Å². The van der Waals surface area contributed by atoms with Gasteiger partial charge in [-0.1, -0.05) is 0 Å². The third-order valence-corrected chi connectivity index (χ3v) is 2.66. The Labute approximate surface area is 92.2 Å². The van der Waals surface area contributed by atoms with Crippen LogP contribution in [0.5, 0.6) is 0 Å². The standard InChI is InChI=1S/C11H11N5/c1-6-7(2)13-10-9(12-6)4-5-16-11(10)14-8(3)15-16/h4-5H,1-3H3. The van der Waals surface area contributed by atoms with E-state index in [0.29, 0.717) is 0 Å². The van der Waals surface area contributed by atoms with Crippen LogP contribution in [0.4, 0.5) is 0 Å². The van der Waals surface area contributed by atoms with Crippen molar-refractivity contribution >= 4 is 16.7 Å². The maximum Gasteiger partial charge on any atom is 0.183 e. The molecule has 0 amide bonds. The van der Waals surface area contributed by atoms with Crippen LogP contribution in [0.15, 0.2) is 12.3 Å². The monoisotopic (exact) mass is 213 g/mol. The Morgan fingerprint density at radius 1 is 1.00 bits per heavy atom. The van der Waals surface area contributed by atoms with Crippen molar-refractivity contribution in [2.24, 2.45) is 0 Å². The van der Waals surface area contributed by atoms with E-state index in [4.69, 9.17) is 0 Å². The minimum absolute atomic E-state index is 0.743. The number of rotatable bonds is 0. The molecular weight excluding hydrogens is 202 g/mol. The molecule has 0 N–H and O–H groups in total. The lowest BCUT2D eigenvalue weighted by Gasteiger charge is -2.02. The molecule has 3 rings (SSSR count). The minimum atomic E-state index is 0.743. The SMILES string of the molecule is Cc1nc2c3nc(C)c(C)nc3ccn2n1. The summed E-state index contributed by atoms with van der Waals surface area (Å²) in [5.41, 5.74) is 4.33. The molecule has 0 unspecified atom stereocenters. The van der Waals surface area contributed by atoms with Gasteiger partial charge in [0.1, 0.15) is 11.3 Å². The lowest BCUT2D eigenvalue weighted by molar-refractivity contribution is 0.931. The molecule has 0 radical (unpaired) electrons. The molecule has 0 aliphatic rings. The first-order valence-electron chi connectivity index (χ1n) is 5.12. The summed E-state index contributed by atoms with van der Waals surface area (Å²) in [5, 5.41) is 4.25. The van der Waals surface area contributed by atoms with E-state index in [1.807, 2.05) is 33.0 Å². The van der Waals surface area contributed by atoms with E-state index < -0.39 is 0 Å². The summed E-state index contributed by atoms with van der Waals surface area (Å²) in [6, 6.07) is 1.91. The predicted octanol–water partition coefficient (Wildman–Crippen LogP) is 1.60. The third kappa shape index (κ3) is 1.18. The van der Waals surface area contributed by atoms with E-state index in [0.717, 1.165) is 33.9 Å². The Morgan fingerprint density at radius 2 is 1.75 bits per heavy atom. The fourth-order valence-corrected chi connectivity index (χ4v) is 1.74. The molecule has 0 aliphatic carbocycles. The van der Waals surface area contributed by atoms with E-state index >= 15 is 0 Å². The van der Waals surface area contributed by atoms with Crippen LogP contribution in [0.3, 0.4) is 0 Å². The first-order valence-corrected chi connectivity index (χ1v) is 5.12. The van der Waals surface area contributed by atoms with E-state index in [2.05, 4.69) is 20.1 Å². The number of hydrogen-bond donors (Lipinski definition) is 0. The minimum Gasteiger partial charge on any atom is -0.249 e. The first-order chi connectivity index (χ1) is 7.65. The number of pyridine rings is 1. The zero-order valence-electron chi connectivity index (χ0n) is 9.39. The van der Waals surface area contributed by atoms with Gasteiger partial charge in [-0.15, -0.1) is 0 Å². The second kappa shape index (κ2) is 2.98. The number of aromatic nitrogens is 5. The van der Waals surface area contributed by atoms with Crippen LogP contribution in [0.25, 0.3) is 16.7 Å². The van der Waals surface area contributed by atoms with Gasteiger partial charge < -0.3 is 0 Å². The Bertz CT molecular complexity index is 698. The van der Waals surface area contributed by atoms with Gasteiger partial charge in [0.2, 0.25) is 0 Å². The molecule has 0 spiro atoms. The van der Waals surface area contributed by atoms with Crippen LogP contribution in [-0.4, -0.2) is 24.6 Å². The summed E-state index contributed by atoms with van der Waals surface area (Å²) in [5.74, 6) is 0.743. The van der Waals surface area contributed by atoms with Crippen LogP contribution in [0.2, 0.25) is 0 Å². The van der Waals surface area contributed by atoms with Gasteiger partial charge in [0, 0.05) is 6.20 Å². The van der Waals surface area contributed by atoms with Crippen molar-refractivity contribution in [2.45, 2.75) is 20.8 Å². The van der Waals surface area contributed by atoms with Gasteiger partial charge in [0.15, 0.2) is 5.65 Å². The molecule has 0 aliphatic heterocycles. The lowest BCUT2D eigenvalue weighted by Crippen LogP contribution is -1.96. The smallest absolute Gasteiger partial charge is 0.183 e. The summed E-state index contributed by atoms with van der Waals surface area (Å²) < 4.78 is 1.74. The average Bonchev–Trinajstić information content (AvgIpc) is 2.61. The molecule has 0 atom stereocenters.